The van der Waals surface area contributed by atoms with Gasteiger partial charge in [0.05, 0.1) is 4.92 Å². The van der Waals surface area contributed by atoms with E-state index in [2.05, 4.69) is 10.3 Å². The second-order valence-electron chi connectivity index (χ2n) is 6.73. The number of aromatic nitrogens is 1. The van der Waals surface area contributed by atoms with Crippen LogP contribution in [0.15, 0.2) is 48.7 Å². The van der Waals surface area contributed by atoms with Gasteiger partial charge in [0.25, 0.3) is 11.6 Å². The van der Waals surface area contributed by atoms with Gasteiger partial charge in [-0.05, 0) is 31.5 Å². The van der Waals surface area contributed by atoms with Gasteiger partial charge in [0, 0.05) is 61.6 Å². The number of nitro benzene ring substituents is 1. The molecule has 1 unspecified atom stereocenters. The third-order valence-corrected chi connectivity index (χ3v) is 4.70. The molecule has 0 fully saturated rings. The predicted molar refractivity (Wildman–Crippen MR) is 109 cm³/mol. The molecule has 8 nitrogen and oxygen atoms in total. The molecule has 1 atom stereocenters. The summed E-state index contributed by atoms with van der Waals surface area (Å²) in [5, 5.41) is 13.8. The van der Waals surface area contributed by atoms with Crippen LogP contribution in [-0.4, -0.2) is 45.8 Å². The summed E-state index contributed by atoms with van der Waals surface area (Å²) in [6.07, 6.45) is 3.21. The number of amides is 2. The Morgan fingerprint density at radius 3 is 2.69 bits per heavy atom. The zero-order valence-corrected chi connectivity index (χ0v) is 16.7. The molecular weight excluding hydrogens is 372 g/mol. The van der Waals surface area contributed by atoms with Crippen molar-refractivity contribution in [1.82, 2.24) is 15.2 Å². The first-order valence-corrected chi connectivity index (χ1v) is 9.64. The van der Waals surface area contributed by atoms with Gasteiger partial charge in [-0.3, -0.25) is 24.7 Å². The summed E-state index contributed by atoms with van der Waals surface area (Å²) in [5.74, 6) is -0.467. The summed E-state index contributed by atoms with van der Waals surface area (Å²) < 4.78 is 0. The molecule has 8 heteroatoms. The SMILES string of the molecule is CCC(C)N(CCC(=O)NCCc1ccccn1)C(=O)c1cccc([N+](=O)[O-])c1. The molecule has 0 saturated carbocycles. The van der Waals surface area contributed by atoms with Gasteiger partial charge in [-0.2, -0.15) is 0 Å². The smallest absolute Gasteiger partial charge is 0.270 e. The van der Waals surface area contributed by atoms with Crippen LogP contribution in [0.2, 0.25) is 0 Å². The first-order valence-electron chi connectivity index (χ1n) is 9.64. The number of hydrogen-bond donors (Lipinski definition) is 1. The van der Waals surface area contributed by atoms with Crippen LogP contribution in [0.5, 0.6) is 0 Å². The normalized spacial score (nSPS) is 11.5. The van der Waals surface area contributed by atoms with Crippen LogP contribution in [0.1, 0.15) is 42.7 Å². The minimum Gasteiger partial charge on any atom is -0.356 e. The number of nitrogens with one attached hydrogen (secondary N) is 1. The standard InChI is InChI=1S/C21H26N4O4/c1-3-16(2)24(21(27)17-7-6-9-19(15-17)25(28)29)14-11-20(26)23-13-10-18-8-4-5-12-22-18/h4-9,12,15-16H,3,10-11,13-14H2,1-2H3,(H,23,26). The van der Waals surface area contributed by atoms with Crippen molar-refractivity contribution < 1.29 is 14.5 Å². The van der Waals surface area contributed by atoms with E-state index in [1.165, 1.54) is 18.2 Å². The average Bonchev–Trinajstić information content (AvgIpc) is 2.74. The molecule has 1 N–H and O–H groups in total. The number of hydrogen-bond acceptors (Lipinski definition) is 5. The number of carbonyl (C=O) groups excluding carboxylic acids is 2. The van der Waals surface area contributed by atoms with Crippen molar-refractivity contribution >= 4 is 17.5 Å². The number of carbonyl (C=O) groups is 2. The largest absolute Gasteiger partial charge is 0.356 e. The van der Waals surface area contributed by atoms with Gasteiger partial charge in [0.2, 0.25) is 5.91 Å². The van der Waals surface area contributed by atoms with Crippen molar-refractivity contribution in [3.05, 3.63) is 70.0 Å². The van der Waals surface area contributed by atoms with Gasteiger partial charge < -0.3 is 10.2 Å². The minimum absolute atomic E-state index is 0.0944. The van der Waals surface area contributed by atoms with Crippen LogP contribution >= 0.6 is 0 Å². The van der Waals surface area contributed by atoms with Crippen molar-refractivity contribution in [3.63, 3.8) is 0 Å². The number of nitrogens with zero attached hydrogens (tertiary/aromatic N) is 3. The van der Waals surface area contributed by atoms with E-state index in [0.717, 1.165) is 5.69 Å². The highest BCUT2D eigenvalue weighted by Crippen LogP contribution is 2.17. The molecular formula is C21H26N4O4. The van der Waals surface area contributed by atoms with Crippen molar-refractivity contribution in [3.8, 4) is 0 Å². The molecule has 0 spiro atoms. The fourth-order valence-electron chi connectivity index (χ4n) is 2.85. The van der Waals surface area contributed by atoms with Crippen LogP contribution in [0.25, 0.3) is 0 Å². The second kappa shape index (κ2) is 10.9. The molecule has 0 aliphatic carbocycles. The Morgan fingerprint density at radius 2 is 2.03 bits per heavy atom. The Kier molecular flexibility index (Phi) is 8.27. The first kappa shape index (κ1) is 22.0. The molecule has 2 aromatic rings. The maximum absolute atomic E-state index is 12.9. The zero-order valence-electron chi connectivity index (χ0n) is 16.7. The lowest BCUT2D eigenvalue weighted by molar-refractivity contribution is -0.384. The van der Waals surface area contributed by atoms with E-state index in [-0.39, 0.29) is 42.1 Å². The van der Waals surface area contributed by atoms with E-state index >= 15 is 0 Å². The summed E-state index contributed by atoms with van der Waals surface area (Å²) in [6, 6.07) is 11.2. The lowest BCUT2D eigenvalue weighted by atomic mass is 10.1. The third-order valence-electron chi connectivity index (χ3n) is 4.70. The highest BCUT2D eigenvalue weighted by atomic mass is 16.6. The number of benzene rings is 1. The molecule has 0 radical (unpaired) electrons. The minimum atomic E-state index is -0.528. The van der Waals surface area contributed by atoms with Crippen molar-refractivity contribution in [1.29, 1.82) is 0 Å². The first-order chi connectivity index (χ1) is 13.9. The second-order valence-corrected chi connectivity index (χ2v) is 6.73. The fraction of sp³-hybridized carbons (Fsp3) is 0.381. The molecule has 1 aromatic carbocycles. The lowest BCUT2D eigenvalue weighted by Gasteiger charge is -2.28. The van der Waals surface area contributed by atoms with Crippen LogP contribution in [0.4, 0.5) is 5.69 Å². The van der Waals surface area contributed by atoms with E-state index in [4.69, 9.17) is 0 Å². The fourth-order valence-corrected chi connectivity index (χ4v) is 2.85. The van der Waals surface area contributed by atoms with Gasteiger partial charge in [0.1, 0.15) is 0 Å². The summed E-state index contributed by atoms with van der Waals surface area (Å²) in [5.41, 5.74) is 1.01. The summed E-state index contributed by atoms with van der Waals surface area (Å²) in [6.45, 7) is 4.56. The van der Waals surface area contributed by atoms with E-state index in [9.17, 15) is 19.7 Å². The highest BCUT2D eigenvalue weighted by molar-refractivity contribution is 5.95. The van der Waals surface area contributed by atoms with Crippen molar-refractivity contribution in [2.75, 3.05) is 13.1 Å². The van der Waals surface area contributed by atoms with Gasteiger partial charge in [-0.25, -0.2) is 0 Å². The van der Waals surface area contributed by atoms with Crippen LogP contribution in [-0.2, 0) is 11.2 Å². The molecule has 0 bridgehead atoms. The van der Waals surface area contributed by atoms with Gasteiger partial charge in [-0.1, -0.05) is 19.1 Å². The van der Waals surface area contributed by atoms with E-state index in [0.29, 0.717) is 19.4 Å². The van der Waals surface area contributed by atoms with Crippen LogP contribution in [0, 0.1) is 10.1 Å². The molecule has 2 amide bonds. The molecule has 29 heavy (non-hydrogen) atoms. The topological polar surface area (TPSA) is 105 Å². The number of nitro groups is 1. The highest BCUT2D eigenvalue weighted by Gasteiger charge is 2.22. The Balaban J connectivity index is 1.94. The monoisotopic (exact) mass is 398 g/mol. The average molecular weight is 398 g/mol. The van der Waals surface area contributed by atoms with Crippen LogP contribution < -0.4 is 5.32 Å². The quantitative estimate of drug-likeness (QED) is 0.489. The van der Waals surface area contributed by atoms with Gasteiger partial charge in [-0.15, -0.1) is 0 Å². The van der Waals surface area contributed by atoms with Gasteiger partial charge in [0.15, 0.2) is 0 Å². The van der Waals surface area contributed by atoms with E-state index in [1.807, 2.05) is 32.0 Å². The molecule has 0 saturated heterocycles. The number of pyridine rings is 1. The van der Waals surface area contributed by atoms with E-state index < -0.39 is 4.92 Å². The van der Waals surface area contributed by atoms with Crippen molar-refractivity contribution in [2.45, 2.75) is 39.2 Å². The van der Waals surface area contributed by atoms with Crippen molar-refractivity contribution in [2.24, 2.45) is 0 Å². The third kappa shape index (κ3) is 6.67. The summed E-state index contributed by atoms with van der Waals surface area (Å²) in [4.78, 5) is 41.3. The Bertz CT molecular complexity index is 842. The molecule has 1 heterocycles. The summed E-state index contributed by atoms with van der Waals surface area (Å²) in [7, 11) is 0. The maximum atomic E-state index is 12.9. The van der Waals surface area contributed by atoms with Crippen LogP contribution in [0.3, 0.4) is 0 Å². The van der Waals surface area contributed by atoms with E-state index in [1.54, 1.807) is 17.2 Å². The predicted octanol–water partition coefficient (Wildman–Crippen LogP) is 2.98. The Hall–Kier alpha value is -3.29. The molecule has 0 aliphatic heterocycles. The lowest BCUT2D eigenvalue weighted by Crippen LogP contribution is -2.41. The number of rotatable bonds is 10. The molecule has 0 aliphatic rings. The zero-order chi connectivity index (χ0) is 21.2. The molecule has 2 rings (SSSR count). The molecule has 1 aromatic heterocycles. The molecule has 154 valence electrons. The maximum Gasteiger partial charge on any atom is 0.270 e. The Morgan fingerprint density at radius 1 is 1.24 bits per heavy atom. The summed E-state index contributed by atoms with van der Waals surface area (Å²) >= 11 is 0. The Labute approximate surface area is 170 Å². The van der Waals surface area contributed by atoms with Gasteiger partial charge >= 0.3 is 0 Å². The number of non-ortho nitro benzene ring substituents is 1.